The number of nitrogens with zero attached hydrogens (tertiary/aromatic N) is 1. The molecule has 3 aliphatic heterocycles. The van der Waals surface area contributed by atoms with Crippen molar-refractivity contribution in [3.05, 3.63) is 137 Å². The number of rotatable bonds is 4. The van der Waals surface area contributed by atoms with Crippen LogP contribution in [-0.4, -0.2) is 29.6 Å². The number of ketones is 2. The van der Waals surface area contributed by atoms with Gasteiger partial charge in [0.25, 0.3) is 0 Å². The highest BCUT2D eigenvalue weighted by Gasteiger charge is 2.70. The van der Waals surface area contributed by atoms with Crippen molar-refractivity contribution < 1.29 is 14.4 Å². The van der Waals surface area contributed by atoms with Crippen LogP contribution in [0.2, 0.25) is 0 Å². The van der Waals surface area contributed by atoms with Crippen LogP contribution in [0.4, 0.5) is 11.4 Å². The van der Waals surface area contributed by atoms with Crippen LogP contribution in [0.15, 0.2) is 103 Å². The Morgan fingerprint density at radius 3 is 2.23 bits per heavy atom. The van der Waals surface area contributed by atoms with E-state index >= 15 is 0 Å². The number of hydrogen-bond donors (Lipinski definition) is 1. The zero-order chi connectivity index (χ0) is 27.6. The largest absolute Gasteiger partial charge is 0.352 e. The van der Waals surface area contributed by atoms with Gasteiger partial charge in [-0.15, -0.1) is 0 Å². The third-order valence-electron chi connectivity index (χ3n) is 8.74. The molecule has 4 aromatic carbocycles. The molecule has 0 radical (unpaired) electrons. The van der Waals surface area contributed by atoms with Gasteiger partial charge in [0.05, 0.1) is 12.0 Å². The molecule has 4 atom stereocenters. The van der Waals surface area contributed by atoms with E-state index in [9.17, 15) is 14.4 Å². The van der Waals surface area contributed by atoms with Crippen molar-refractivity contribution in [1.29, 1.82) is 0 Å². The summed E-state index contributed by atoms with van der Waals surface area (Å²) in [6.07, 6.45) is 4.02. The fourth-order valence-corrected chi connectivity index (χ4v) is 6.95. The fourth-order valence-electron chi connectivity index (χ4n) is 6.95. The van der Waals surface area contributed by atoms with Crippen molar-refractivity contribution in [3.8, 4) is 0 Å². The SMILES string of the molecule is Cc1ccc(C(=O)[C@H]2[C@H](C(=O)c3ccccc3)N3c4ccccc4C=CC3[C@]23C(=O)Nc2ccc(C)cc23)cc1. The first-order valence-corrected chi connectivity index (χ1v) is 13.6. The number of hydrogen-bond acceptors (Lipinski definition) is 4. The van der Waals surface area contributed by atoms with Crippen molar-refractivity contribution in [1.82, 2.24) is 0 Å². The van der Waals surface area contributed by atoms with Gasteiger partial charge in [-0.1, -0.05) is 108 Å². The molecule has 0 bridgehead atoms. The summed E-state index contributed by atoms with van der Waals surface area (Å²) in [7, 11) is 0. The number of amides is 1. The molecular weight excluding hydrogens is 496 g/mol. The zero-order valence-electron chi connectivity index (χ0n) is 22.3. The van der Waals surface area contributed by atoms with Gasteiger partial charge in [-0.2, -0.15) is 0 Å². The molecule has 0 aromatic heterocycles. The average molecular weight is 525 g/mol. The van der Waals surface area contributed by atoms with Crippen LogP contribution in [0.25, 0.3) is 6.08 Å². The van der Waals surface area contributed by atoms with Crippen LogP contribution >= 0.6 is 0 Å². The number of nitrogens with one attached hydrogen (secondary N) is 1. The highest BCUT2D eigenvalue weighted by molar-refractivity contribution is 6.18. The molecule has 40 heavy (non-hydrogen) atoms. The summed E-state index contributed by atoms with van der Waals surface area (Å²) in [6, 6.07) is 28.8. The molecule has 1 N–H and O–H groups in total. The summed E-state index contributed by atoms with van der Waals surface area (Å²) in [5, 5.41) is 3.10. The zero-order valence-corrected chi connectivity index (χ0v) is 22.3. The number of fused-ring (bicyclic) bond motifs is 6. The lowest BCUT2D eigenvalue weighted by Gasteiger charge is -2.37. The van der Waals surface area contributed by atoms with E-state index in [1.807, 2.05) is 104 Å². The summed E-state index contributed by atoms with van der Waals surface area (Å²) in [5.41, 5.74) is 4.98. The average Bonchev–Trinajstić information content (AvgIpc) is 3.45. The number of carbonyl (C=O) groups excluding carboxylic acids is 3. The van der Waals surface area contributed by atoms with E-state index in [-0.39, 0.29) is 17.5 Å². The van der Waals surface area contributed by atoms with Gasteiger partial charge in [0.1, 0.15) is 11.5 Å². The highest BCUT2D eigenvalue weighted by atomic mass is 16.2. The third kappa shape index (κ3) is 3.30. The van der Waals surface area contributed by atoms with E-state index in [0.717, 1.165) is 27.9 Å². The van der Waals surface area contributed by atoms with Crippen molar-refractivity contribution in [3.63, 3.8) is 0 Å². The van der Waals surface area contributed by atoms with Crippen LogP contribution in [0.5, 0.6) is 0 Å². The van der Waals surface area contributed by atoms with E-state index in [1.165, 1.54) is 0 Å². The Morgan fingerprint density at radius 1 is 0.775 bits per heavy atom. The topological polar surface area (TPSA) is 66.5 Å². The molecule has 0 aliphatic carbocycles. The fraction of sp³-hybridized carbons (Fsp3) is 0.171. The number of benzene rings is 4. The first-order chi connectivity index (χ1) is 19.4. The Hall–Kier alpha value is -4.77. The maximum atomic E-state index is 14.8. The number of aryl methyl sites for hydroxylation is 2. The van der Waals surface area contributed by atoms with Gasteiger partial charge >= 0.3 is 0 Å². The van der Waals surface area contributed by atoms with Crippen LogP contribution in [0.1, 0.15) is 43.0 Å². The summed E-state index contributed by atoms with van der Waals surface area (Å²) in [6.45, 7) is 3.96. The molecule has 5 heteroatoms. The van der Waals surface area contributed by atoms with E-state index in [2.05, 4.69) is 5.32 Å². The second kappa shape index (κ2) is 8.88. The summed E-state index contributed by atoms with van der Waals surface area (Å²) in [4.78, 5) is 45.8. The maximum absolute atomic E-state index is 14.8. The van der Waals surface area contributed by atoms with Crippen LogP contribution in [0.3, 0.4) is 0 Å². The standard InChI is InChI=1S/C35H28N2O3/c1-21-12-15-25(16-13-21)32(38)30-31(33(39)24-9-4-3-5-10-24)37-28-11-7-6-8-23(28)17-19-29(37)35(30)26-20-22(2)14-18-27(26)36-34(35)40/h3-20,29-31H,1-2H3,(H,36,40)/t29?,30-,31-,35+/m1/s1. The van der Waals surface area contributed by atoms with Crippen molar-refractivity contribution in [2.75, 3.05) is 10.2 Å². The molecule has 1 spiro atoms. The number of Topliss-reactive ketones (excluding diaryl/α,β-unsaturated/α-hetero) is 2. The minimum absolute atomic E-state index is 0.174. The molecule has 3 heterocycles. The smallest absolute Gasteiger partial charge is 0.238 e. The van der Waals surface area contributed by atoms with E-state index in [1.54, 1.807) is 24.3 Å². The molecular formula is C35H28N2O3. The van der Waals surface area contributed by atoms with Gasteiger partial charge in [0.2, 0.25) is 5.91 Å². The third-order valence-corrected chi connectivity index (χ3v) is 8.74. The normalized spacial score (nSPS) is 23.9. The van der Waals surface area contributed by atoms with Gasteiger partial charge in [0, 0.05) is 22.5 Å². The molecule has 1 amide bonds. The molecule has 1 unspecified atom stereocenters. The number of carbonyl (C=O) groups is 3. The van der Waals surface area contributed by atoms with Crippen molar-refractivity contribution in [2.45, 2.75) is 31.3 Å². The molecule has 3 aliphatic rings. The van der Waals surface area contributed by atoms with Gasteiger partial charge in [0.15, 0.2) is 11.6 Å². The van der Waals surface area contributed by atoms with E-state index in [0.29, 0.717) is 16.8 Å². The molecule has 0 saturated carbocycles. The maximum Gasteiger partial charge on any atom is 0.238 e. The predicted molar refractivity (Wildman–Crippen MR) is 157 cm³/mol. The second-order valence-corrected chi connectivity index (χ2v) is 11.0. The summed E-state index contributed by atoms with van der Waals surface area (Å²) < 4.78 is 0. The highest BCUT2D eigenvalue weighted by Crippen LogP contribution is 2.58. The molecule has 4 aromatic rings. The Kier molecular flexibility index (Phi) is 5.39. The molecule has 1 fully saturated rings. The van der Waals surface area contributed by atoms with E-state index in [4.69, 9.17) is 0 Å². The van der Waals surface area contributed by atoms with Crippen molar-refractivity contribution >= 4 is 34.9 Å². The van der Waals surface area contributed by atoms with Crippen LogP contribution < -0.4 is 10.2 Å². The van der Waals surface area contributed by atoms with Gasteiger partial charge in [-0.25, -0.2) is 0 Å². The minimum atomic E-state index is -1.30. The molecule has 196 valence electrons. The first kappa shape index (κ1) is 24.3. The molecule has 7 rings (SSSR count). The van der Waals surface area contributed by atoms with Crippen LogP contribution in [0, 0.1) is 19.8 Å². The Bertz CT molecular complexity index is 1720. The Morgan fingerprint density at radius 2 is 1.45 bits per heavy atom. The van der Waals surface area contributed by atoms with Crippen LogP contribution in [-0.2, 0) is 10.2 Å². The first-order valence-electron chi connectivity index (χ1n) is 13.6. The summed E-state index contributed by atoms with van der Waals surface area (Å²) >= 11 is 0. The second-order valence-electron chi connectivity index (χ2n) is 11.0. The minimum Gasteiger partial charge on any atom is -0.352 e. The Balaban J connectivity index is 1.55. The molecule has 5 nitrogen and oxygen atoms in total. The summed E-state index contributed by atoms with van der Waals surface area (Å²) in [5.74, 6) is -1.60. The van der Waals surface area contributed by atoms with E-state index < -0.39 is 23.4 Å². The monoisotopic (exact) mass is 524 g/mol. The molecule has 1 saturated heterocycles. The van der Waals surface area contributed by atoms with Crippen molar-refractivity contribution in [2.24, 2.45) is 5.92 Å². The lowest BCUT2D eigenvalue weighted by Crippen LogP contribution is -2.51. The number of para-hydroxylation sites is 1. The van der Waals surface area contributed by atoms with Gasteiger partial charge < -0.3 is 10.2 Å². The quantitative estimate of drug-likeness (QED) is 0.325. The van der Waals surface area contributed by atoms with Gasteiger partial charge in [-0.3, -0.25) is 14.4 Å². The number of anilines is 2. The lowest BCUT2D eigenvalue weighted by molar-refractivity contribution is -0.121. The predicted octanol–water partition coefficient (Wildman–Crippen LogP) is 6.16. The lowest BCUT2D eigenvalue weighted by atomic mass is 9.64. The Labute approximate surface area is 233 Å². The van der Waals surface area contributed by atoms with Gasteiger partial charge in [-0.05, 0) is 37.1 Å².